The highest BCUT2D eigenvalue weighted by Gasteiger charge is 2.16. The Labute approximate surface area is 127 Å². The number of benzene rings is 1. The van der Waals surface area contributed by atoms with Gasteiger partial charge in [0.15, 0.2) is 0 Å². The predicted octanol–water partition coefficient (Wildman–Crippen LogP) is 5.17. The number of hydrogen-bond acceptors (Lipinski definition) is 4. The Bertz CT molecular complexity index is 720. The van der Waals surface area contributed by atoms with Gasteiger partial charge in [-0.3, -0.25) is 0 Å². The summed E-state index contributed by atoms with van der Waals surface area (Å²) in [4.78, 5) is 11.4. The first-order chi connectivity index (χ1) is 9.81. The SMILES string of the molecule is CCCSc1ncnc2sc(C)c(-c3ccccc3)c12. The van der Waals surface area contributed by atoms with E-state index in [1.54, 1.807) is 17.7 Å². The van der Waals surface area contributed by atoms with Gasteiger partial charge < -0.3 is 0 Å². The van der Waals surface area contributed by atoms with E-state index in [1.165, 1.54) is 21.4 Å². The summed E-state index contributed by atoms with van der Waals surface area (Å²) in [6, 6.07) is 10.5. The lowest BCUT2D eigenvalue weighted by molar-refractivity contribution is 1.08. The van der Waals surface area contributed by atoms with Crippen molar-refractivity contribution in [3.63, 3.8) is 0 Å². The van der Waals surface area contributed by atoms with E-state index in [1.807, 2.05) is 11.8 Å². The summed E-state index contributed by atoms with van der Waals surface area (Å²) < 4.78 is 0. The van der Waals surface area contributed by atoms with Gasteiger partial charge in [0, 0.05) is 10.4 Å². The highest BCUT2D eigenvalue weighted by molar-refractivity contribution is 7.99. The third kappa shape index (κ3) is 2.45. The zero-order chi connectivity index (χ0) is 13.9. The van der Waals surface area contributed by atoms with E-state index in [9.17, 15) is 0 Å². The van der Waals surface area contributed by atoms with E-state index in [0.29, 0.717) is 0 Å². The number of thioether (sulfide) groups is 1. The van der Waals surface area contributed by atoms with E-state index in [4.69, 9.17) is 0 Å². The van der Waals surface area contributed by atoms with Crippen LogP contribution in [0.2, 0.25) is 0 Å². The van der Waals surface area contributed by atoms with Gasteiger partial charge in [-0.05, 0) is 24.7 Å². The van der Waals surface area contributed by atoms with Crippen LogP contribution in [0.4, 0.5) is 0 Å². The number of nitrogens with zero attached hydrogens (tertiary/aromatic N) is 2. The Morgan fingerprint density at radius 1 is 1.15 bits per heavy atom. The molecule has 0 saturated carbocycles. The minimum Gasteiger partial charge on any atom is -0.229 e. The molecule has 2 heterocycles. The molecule has 2 aromatic heterocycles. The molecule has 102 valence electrons. The molecule has 0 aliphatic carbocycles. The molecule has 0 radical (unpaired) electrons. The van der Waals surface area contributed by atoms with Crippen LogP contribution in [0.3, 0.4) is 0 Å². The standard InChI is InChI=1S/C16H16N2S2/c1-3-9-19-15-14-13(12-7-5-4-6-8-12)11(2)20-16(14)18-10-17-15/h4-8,10H,3,9H2,1-2H3. The van der Waals surface area contributed by atoms with Crippen molar-refractivity contribution in [2.45, 2.75) is 25.3 Å². The van der Waals surface area contributed by atoms with E-state index >= 15 is 0 Å². The first kappa shape index (κ1) is 13.6. The molecule has 0 aliphatic heterocycles. The van der Waals surface area contributed by atoms with Crippen molar-refractivity contribution in [3.8, 4) is 11.1 Å². The van der Waals surface area contributed by atoms with Gasteiger partial charge in [0.25, 0.3) is 0 Å². The molecule has 0 N–H and O–H groups in total. The fourth-order valence-corrected chi connectivity index (χ4v) is 4.22. The Morgan fingerprint density at radius 2 is 1.95 bits per heavy atom. The predicted molar refractivity (Wildman–Crippen MR) is 88.6 cm³/mol. The van der Waals surface area contributed by atoms with Gasteiger partial charge in [0.05, 0.1) is 5.39 Å². The lowest BCUT2D eigenvalue weighted by atomic mass is 10.0. The molecule has 0 aliphatic rings. The Balaban J connectivity index is 2.23. The summed E-state index contributed by atoms with van der Waals surface area (Å²) in [7, 11) is 0. The fourth-order valence-electron chi connectivity index (χ4n) is 2.28. The number of aromatic nitrogens is 2. The number of rotatable bonds is 4. The Morgan fingerprint density at radius 3 is 2.70 bits per heavy atom. The molecule has 0 fully saturated rings. The second kappa shape index (κ2) is 5.94. The minimum absolute atomic E-state index is 1.09. The average molecular weight is 300 g/mol. The smallest absolute Gasteiger partial charge is 0.128 e. The van der Waals surface area contributed by atoms with Crippen LogP contribution in [0.5, 0.6) is 0 Å². The summed E-state index contributed by atoms with van der Waals surface area (Å²) in [5.74, 6) is 1.09. The highest BCUT2D eigenvalue weighted by Crippen LogP contribution is 2.41. The Hall–Kier alpha value is -1.39. The van der Waals surface area contributed by atoms with Crippen molar-refractivity contribution in [1.82, 2.24) is 9.97 Å². The maximum Gasteiger partial charge on any atom is 0.128 e. The van der Waals surface area contributed by atoms with Crippen LogP contribution in [0.15, 0.2) is 41.7 Å². The van der Waals surface area contributed by atoms with Crippen molar-refractivity contribution in [3.05, 3.63) is 41.5 Å². The van der Waals surface area contributed by atoms with Gasteiger partial charge in [-0.25, -0.2) is 9.97 Å². The molecule has 0 amide bonds. The summed E-state index contributed by atoms with van der Waals surface area (Å²) >= 11 is 3.58. The molecule has 20 heavy (non-hydrogen) atoms. The zero-order valence-electron chi connectivity index (χ0n) is 11.6. The number of fused-ring (bicyclic) bond motifs is 1. The second-order valence-electron chi connectivity index (χ2n) is 4.61. The van der Waals surface area contributed by atoms with Crippen LogP contribution in [0.1, 0.15) is 18.2 Å². The highest BCUT2D eigenvalue weighted by atomic mass is 32.2. The second-order valence-corrected chi connectivity index (χ2v) is 6.89. The molecule has 0 bridgehead atoms. The van der Waals surface area contributed by atoms with Crippen LogP contribution in [-0.2, 0) is 0 Å². The van der Waals surface area contributed by atoms with Crippen molar-refractivity contribution < 1.29 is 0 Å². The van der Waals surface area contributed by atoms with E-state index in [0.717, 1.165) is 22.0 Å². The lowest BCUT2D eigenvalue weighted by Crippen LogP contribution is -1.87. The third-order valence-electron chi connectivity index (χ3n) is 3.13. The van der Waals surface area contributed by atoms with Gasteiger partial charge in [0.2, 0.25) is 0 Å². The van der Waals surface area contributed by atoms with E-state index < -0.39 is 0 Å². The van der Waals surface area contributed by atoms with Gasteiger partial charge in [-0.15, -0.1) is 23.1 Å². The van der Waals surface area contributed by atoms with Crippen LogP contribution < -0.4 is 0 Å². The normalized spacial score (nSPS) is 11.1. The van der Waals surface area contributed by atoms with Crippen LogP contribution >= 0.6 is 23.1 Å². The summed E-state index contributed by atoms with van der Waals surface area (Å²) in [5.41, 5.74) is 2.55. The number of aryl methyl sites for hydroxylation is 1. The van der Waals surface area contributed by atoms with Crippen LogP contribution in [-0.4, -0.2) is 15.7 Å². The topological polar surface area (TPSA) is 25.8 Å². The van der Waals surface area contributed by atoms with Gasteiger partial charge in [-0.1, -0.05) is 37.3 Å². The van der Waals surface area contributed by atoms with E-state index in [2.05, 4.69) is 54.1 Å². The molecule has 0 unspecified atom stereocenters. The molecule has 3 aromatic rings. The first-order valence-corrected chi connectivity index (χ1v) is 8.53. The number of thiophene rings is 1. The van der Waals surface area contributed by atoms with Gasteiger partial charge in [-0.2, -0.15) is 0 Å². The zero-order valence-corrected chi connectivity index (χ0v) is 13.2. The quantitative estimate of drug-likeness (QED) is 0.491. The van der Waals surface area contributed by atoms with Gasteiger partial charge >= 0.3 is 0 Å². The van der Waals surface area contributed by atoms with Crippen molar-refractivity contribution in [2.24, 2.45) is 0 Å². The summed E-state index contributed by atoms with van der Waals surface area (Å²) in [5, 5.41) is 2.33. The van der Waals surface area contributed by atoms with Crippen LogP contribution in [0, 0.1) is 6.92 Å². The summed E-state index contributed by atoms with van der Waals surface area (Å²) in [6.07, 6.45) is 2.84. The fraction of sp³-hybridized carbons (Fsp3) is 0.250. The molecule has 0 spiro atoms. The van der Waals surface area contributed by atoms with Crippen molar-refractivity contribution >= 4 is 33.3 Å². The summed E-state index contributed by atoms with van der Waals surface area (Å²) in [6.45, 7) is 4.37. The molecule has 1 aromatic carbocycles. The maximum atomic E-state index is 4.50. The Kier molecular flexibility index (Phi) is 4.03. The lowest BCUT2D eigenvalue weighted by Gasteiger charge is -2.05. The first-order valence-electron chi connectivity index (χ1n) is 6.73. The van der Waals surface area contributed by atoms with Crippen molar-refractivity contribution in [1.29, 1.82) is 0 Å². The molecule has 4 heteroatoms. The third-order valence-corrected chi connectivity index (χ3v) is 5.34. The van der Waals surface area contributed by atoms with E-state index in [-0.39, 0.29) is 0 Å². The largest absolute Gasteiger partial charge is 0.229 e. The minimum atomic E-state index is 1.09. The maximum absolute atomic E-state index is 4.50. The molecular weight excluding hydrogens is 284 g/mol. The molecule has 2 nitrogen and oxygen atoms in total. The monoisotopic (exact) mass is 300 g/mol. The molecule has 0 saturated heterocycles. The molecule has 3 rings (SSSR count). The molecular formula is C16H16N2S2. The van der Waals surface area contributed by atoms with Crippen LogP contribution in [0.25, 0.3) is 21.3 Å². The number of hydrogen-bond donors (Lipinski definition) is 0. The van der Waals surface area contributed by atoms with Gasteiger partial charge in [0.1, 0.15) is 16.2 Å². The molecule has 0 atom stereocenters. The average Bonchev–Trinajstić information content (AvgIpc) is 2.82. The van der Waals surface area contributed by atoms with Crippen molar-refractivity contribution in [2.75, 3.05) is 5.75 Å².